The summed E-state index contributed by atoms with van der Waals surface area (Å²) in [6.45, 7) is 2.89. The highest BCUT2D eigenvalue weighted by atomic mass is 32.2. The van der Waals surface area contributed by atoms with E-state index in [0.29, 0.717) is 33.6 Å². The van der Waals surface area contributed by atoms with Crippen LogP contribution in [0.5, 0.6) is 11.5 Å². The Hall–Kier alpha value is -5.83. The first-order chi connectivity index (χ1) is 25.9. The highest BCUT2D eigenvalue weighted by Crippen LogP contribution is 2.37. The fourth-order valence-electron chi connectivity index (χ4n) is 6.00. The molecule has 0 radical (unpaired) electrons. The molecule has 0 atom stereocenters. The van der Waals surface area contributed by atoms with E-state index in [2.05, 4.69) is 19.4 Å². The first-order valence-electron chi connectivity index (χ1n) is 16.3. The molecule has 2 aromatic heterocycles. The largest absolute Gasteiger partial charge is 0.573 e. The van der Waals surface area contributed by atoms with Gasteiger partial charge in [0.1, 0.15) is 23.1 Å². The number of rotatable bonds is 10. The Bertz CT molecular complexity index is 2340. The molecular weight excluding hydrogens is 757 g/mol. The lowest BCUT2D eigenvalue weighted by atomic mass is 9.97. The second kappa shape index (κ2) is 15.1. The zero-order chi connectivity index (χ0) is 39.7. The molecule has 0 aliphatic carbocycles. The van der Waals surface area contributed by atoms with Crippen LogP contribution in [0.25, 0.3) is 44.8 Å². The van der Waals surface area contributed by atoms with Gasteiger partial charge in [0, 0.05) is 45.8 Å². The van der Waals surface area contributed by atoms with E-state index in [1.165, 1.54) is 86.9 Å². The van der Waals surface area contributed by atoms with Crippen LogP contribution >= 0.6 is 0 Å². The lowest BCUT2D eigenvalue weighted by Gasteiger charge is -2.15. The zero-order valence-electron chi connectivity index (χ0n) is 28.8. The third-order valence-electron chi connectivity index (χ3n) is 8.44. The van der Waals surface area contributed by atoms with Gasteiger partial charge in [-0.05, 0) is 84.6 Å². The average molecular weight is 785 g/mol. The van der Waals surface area contributed by atoms with Crippen molar-refractivity contribution < 1.29 is 53.0 Å². The summed E-state index contributed by atoms with van der Waals surface area (Å²) in [7, 11) is -4.13. The third-order valence-corrected chi connectivity index (χ3v) is 9.94. The molecule has 0 aliphatic heterocycles. The van der Waals surface area contributed by atoms with Crippen molar-refractivity contribution in [3.8, 4) is 56.3 Å². The fraction of sp³-hybridized carbons (Fsp3) is 0.150. The first-order valence-corrected chi connectivity index (χ1v) is 18.1. The van der Waals surface area contributed by atoms with E-state index < -0.39 is 45.7 Å². The number of benzene rings is 4. The van der Waals surface area contributed by atoms with Gasteiger partial charge < -0.3 is 9.47 Å². The minimum absolute atomic E-state index is 0.178. The monoisotopic (exact) mass is 784 g/mol. The van der Waals surface area contributed by atoms with Crippen molar-refractivity contribution in [2.75, 3.05) is 0 Å². The van der Waals surface area contributed by atoms with Gasteiger partial charge in [-0.25, -0.2) is 17.2 Å². The summed E-state index contributed by atoms with van der Waals surface area (Å²) in [4.78, 5) is 8.67. The fourth-order valence-corrected chi connectivity index (χ4v) is 7.52. The molecule has 55 heavy (non-hydrogen) atoms. The molecule has 15 heteroatoms. The topological polar surface area (TPSA) is 78.4 Å². The molecule has 4 aromatic carbocycles. The maximum atomic E-state index is 15.5. The number of alkyl halides is 6. The molecular formula is C40H28F8N2O4S. The third kappa shape index (κ3) is 9.46. The zero-order valence-corrected chi connectivity index (χ0v) is 29.6. The van der Waals surface area contributed by atoms with Gasteiger partial charge in [-0.15, -0.1) is 26.3 Å². The number of aryl methyl sites for hydroxylation is 2. The molecule has 6 rings (SSSR count). The van der Waals surface area contributed by atoms with Crippen LogP contribution in [-0.2, 0) is 21.3 Å². The Morgan fingerprint density at radius 3 is 1.27 bits per heavy atom. The normalized spacial score (nSPS) is 12.1. The van der Waals surface area contributed by atoms with Gasteiger partial charge >= 0.3 is 12.7 Å². The number of aromatic nitrogens is 2. The summed E-state index contributed by atoms with van der Waals surface area (Å²) in [5.41, 5.74) is 3.10. The summed E-state index contributed by atoms with van der Waals surface area (Å²) < 4.78 is 142. The highest BCUT2D eigenvalue weighted by molar-refractivity contribution is 7.89. The Morgan fingerprint density at radius 1 is 0.545 bits per heavy atom. The molecule has 0 N–H and O–H groups in total. The van der Waals surface area contributed by atoms with Gasteiger partial charge in [0.05, 0.1) is 22.9 Å². The lowest BCUT2D eigenvalue weighted by Crippen LogP contribution is -2.17. The molecule has 0 fully saturated rings. The van der Waals surface area contributed by atoms with E-state index in [-0.39, 0.29) is 44.9 Å². The van der Waals surface area contributed by atoms with Crippen LogP contribution < -0.4 is 9.47 Å². The Balaban J connectivity index is 1.20. The Morgan fingerprint density at radius 2 is 0.927 bits per heavy atom. The van der Waals surface area contributed by atoms with Gasteiger partial charge in [0.15, 0.2) is 9.84 Å². The predicted molar refractivity (Wildman–Crippen MR) is 189 cm³/mol. The van der Waals surface area contributed by atoms with Gasteiger partial charge in [0.25, 0.3) is 0 Å². The highest BCUT2D eigenvalue weighted by Gasteiger charge is 2.33. The van der Waals surface area contributed by atoms with Crippen molar-refractivity contribution in [3.63, 3.8) is 0 Å². The van der Waals surface area contributed by atoms with Gasteiger partial charge in [-0.1, -0.05) is 48.5 Å². The van der Waals surface area contributed by atoms with Crippen LogP contribution in [-0.4, -0.2) is 31.1 Å². The molecule has 2 heterocycles. The molecule has 6 aromatic rings. The van der Waals surface area contributed by atoms with Crippen LogP contribution in [0.15, 0.2) is 109 Å². The molecule has 0 bridgehead atoms. The molecule has 0 spiro atoms. The molecule has 0 amide bonds. The summed E-state index contributed by atoms with van der Waals surface area (Å²) in [5.74, 6) is -4.00. The Kier molecular flexibility index (Phi) is 10.7. The number of hydrogen-bond acceptors (Lipinski definition) is 6. The maximum Gasteiger partial charge on any atom is 0.573 e. The predicted octanol–water partition coefficient (Wildman–Crippen LogP) is 11.0. The number of pyridine rings is 2. The molecule has 0 unspecified atom stereocenters. The van der Waals surface area contributed by atoms with E-state index >= 15 is 8.78 Å². The number of nitrogens with zero attached hydrogens (tertiary/aromatic N) is 2. The lowest BCUT2D eigenvalue weighted by molar-refractivity contribution is -0.275. The molecule has 0 saturated carbocycles. The number of hydrogen-bond donors (Lipinski definition) is 0. The quantitative estimate of drug-likeness (QED) is 0.129. The van der Waals surface area contributed by atoms with E-state index in [0.717, 1.165) is 12.1 Å². The van der Waals surface area contributed by atoms with Gasteiger partial charge in [0.2, 0.25) is 0 Å². The van der Waals surface area contributed by atoms with Crippen molar-refractivity contribution in [3.05, 3.63) is 143 Å². The minimum atomic E-state index is -4.87. The number of ether oxygens (including phenoxy) is 2. The van der Waals surface area contributed by atoms with E-state index in [1.807, 2.05) is 0 Å². The van der Waals surface area contributed by atoms with E-state index in [4.69, 9.17) is 0 Å². The summed E-state index contributed by atoms with van der Waals surface area (Å²) in [6, 6.07) is 22.3. The molecule has 0 saturated heterocycles. The molecule has 6 nitrogen and oxygen atoms in total. The number of sulfone groups is 1. The number of halogens is 8. The van der Waals surface area contributed by atoms with Crippen LogP contribution in [0, 0.1) is 25.5 Å². The SMILES string of the molecule is Cc1cc(-c2cccnc2-c2ccc(CS(=O)(=O)Cc3ccc(-c4ncccc4-c4ccc(OC(F)(F)F)c(C)c4)cc3F)c(F)c2)ccc1OC(F)(F)F. The van der Waals surface area contributed by atoms with Crippen LogP contribution in [0.3, 0.4) is 0 Å². The Labute approximate surface area is 310 Å². The first kappa shape index (κ1) is 38.9. The van der Waals surface area contributed by atoms with E-state index in [9.17, 15) is 34.8 Å². The second-order valence-electron chi connectivity index (χ2n) is 12.5. The summed E-state index contributed by atoms with van der Waals surface area (Å²) in [6.07, 6.45) is -6.84. The maximum absolute atomic E-state index is 15.5. The van der Waals surface area contributed by atoms with Crippen LogP contribution in [0.2, 0.25) is 0 Å². The summed E-state index contributed by atoms with van der Waals surface area (Å²) >= 11 is 0. The average Bonchev–Trinajstić information content (AvgIpc) is 3.10. The smallest absolute Gasteiger partial charge is 0.406 e. The van der Waals surface area contributed by atoms with Crippen molar-refractivity contribution >= 4 is 9.84 Å². The second-order valence-corrected chi connectivity index (χ2v) is 14.6. The van der Waals surface area contributed by atoms with Crippen molar-refractivity contribution in [1.82, 2.24) is 9.97 Å². The van der Waals surface area contributed by atoms with E-state index in [1.54, 1.807) is 24.3 Å². The van der Waals surface area contributed by atoms with Crippen LogP contribution in [0.4, 0.5) is 35.1 Å². The van der Waals surface area contributed by atoms with Gasteiger partial charge in [-0.3, -0.25) is 9.97 Å². The molecule has 0 aliphatic rings. The van der Waals surface area contributed by atoms with Gasteiger partial charge in [-0.2, -0.15) is 0 Å². The summed E-state index contributed by atoms with van der Waals surface area (Å²) in [5, 5.41) is 0. The van der Waals surface area contributed by atoms with Crippen molar-refractivity contribution in [2.45, 2.75) is 38.1 Å². The minimum Gasteiger partial charge on any atom is -0.406 e. The van der Waals surface area contributed by atoms with Crippen molar-refractivity contribution in [1.29, 1.82) is 0 Å². The molecule has 284 valence electrons. The van der Waals surface area contributed by atoms with Crippen LogP contribution in [0.1, 0.15) is 22.3 Å². The van der Waals surface area contributed by atoms with Crippen molar-refractivity contribution in [2.24, 2.45) is 0 Å². The standard InChI is InChI=1S/C40H28F8N2O4S/c1-23-17-25(11-13-35(23)53-39(43,44)45)31-5-3-15-49-37(31)27-7-9-29(33(41)19-27)21-55(51,52)22-30-10-8-28(20-34(30)42)38-32(6-4-16-50-38)26-12-14-36(24(2)18-26)54-40(46,47)48/h3-20H,21-22H2,1-2H3.